The van der Waals surface area contributed by atoms with Crippen molar-refractivity contribution in [2.45, 2.75) is 12.8 Å². The second-order valence-electron chi connectivity index (χ2n) is 6.29. The fourth-order valence-electron chi connectivity index (χ4n) is 4.01. The minimum atomic E-state index is -0.426. The summed E-state index contributed by atoms with van der Waals surface area (Å²) in [6.45, 7) is 0.415. The number of nitrogens with zero attached hydrogens (tertiary/aromatic N) is 3. The minimum absolute atomic E-state index is 0.0876. The molecule has 4 atom stereocenters. The maximum Gasteiger partial charge on any atom is 0.321 e. The maximum atomic E-state index is 12.6. The van der Waals surface area contributed by atoms with Crippen molar-refractivity contribution >= 4 is 34.3 Å². The Morgan fingerprint density at radius 2 is 1.88 bits per heavy atom. The van der Waals surface area contributed by atoms with Crippen molar-refractivity contribution in [3.05, 3.63) is 17.7 Å². The Morgan fingerprint density at radius 3 is 2.42 bits per heavy atom. The lowest BCUT2D eigenvalue weighted by atomic mass is 9.63. The van der Waals surface area contributed by atoms with E-state index in [4.69, 9.17) is 0 Å². The molecule has 1 aliphatic heterocycles. The number of allylic oxidation sites excluding steroid dienone is 2. The number of urea groups is 1. The average Bonchev–Trinajstić information content (AvgIpc) is 3.19. The summed E-state index contributed by atoms with van der Waals surface area (Å²) < 4.78 is 0. The molecular formula is C15H17N5O3S. The molecule has 2 bridgehead atoms. The Bertz CT molecular complexity index is 672. The second kappa shape index (κ2) is 5.97. The van der Waals surface area contributed by atoms with Gasteiger partial charge in [0.15, 0.2) is 0 Å². The van der Waals surface area contributed by atoms with Crippen LogP contribution < -0.4 is 10.6 Å². The fraction of sp³-hybridized carbons (Fsp3) is 0.533. The van der Waals surface area contributed by atoms with Gasteiger partial charge in [0.1, 0.15) is 5.51 Å². The number of likely N-dealkylation sites (tertiary alicyclic amines) is 1. The van der Waals surface area contributed by atoms with Crippen LogP contribution in [-0.4, -0.2) is 46.0 Å². The summed E-state index contributed by atoms with van der Waals surface area (Å²) in [6.07, 6.45) is 6.16. The lowest BCUT2D eigenvalue weighted by molar-refractivity contribution is -0.140. The molecule has 4 amide bonds. The fourth-order valence-corrected chi connectivity index (χ4v) is 4.45. The third kappa shape index (κ3) is 2.48. The van der Waals surface area contributed by atoms with Gasteiger partial charge in [-0.15, -0.1) is 10.2 Å². The number of amides is 4. The number of aromatic nitrogens is 2. The van der Waals surface area contributed by atoms with Crippen molar-refractivity contribution in [2.75, 3.05) is 18.4 Å². The zero-order chi connectivity index (χ0) is 16.7. The number of carbonyl (C=O) groups excluding carboxylic acids is 3. The van der Waals surface area contributed by atoms with E-state index in [2.05, 4.69) is 33.0 Å². The molecular weight excluding hydrogens is 330 g/mol. The van der Waals surface area contributed by atoms with Crippen molar-refractivity contribution in [1.29, 1.82) is 0 Å². The Labute approximate surface area is 142 Å². The predicted octanol–water partition coefficient (Wildman–Crippen LogP) is 0.857. The molecule has 0 unspecified atom stereocenters. The summed E-state index contributed by atoms with van der Waals surface area (Å²) in [6, 6.07) is -0.426. The van der Waals surface area contributed by atoms with Crippen LogP contribution in [0.2, 0.25) is 0 Å². The second-order valence-corrected chi connectivity index (χ2v) is 7.13. The highest BCUT2D eigenvalue weighted by Gasteiger charge is 2.56. The summed E-state index contributed by atoms with van der Waals surface area (Å²) in [5, 5.41) is 12.9. The van der Waals surface area contributed by atoms with Gasteiger partial charge in [-0.05, 0) is 24.7 Å². The standard InChI is InChI=1S/C15H17N5O3S/c21-12-10-8-1-2-9(4-3-8)11(10)13(22)20(12)6-5-16-14(23)18-15-19-17-7-24-15/h1-2,7-11H,3-6H2,(H2,16,18,19,23)/t8-,9-,10+,11+/m0/s1. The van der Waals surface area contributed by atoms with Crippen molar-refractivity contribution in [3.8, 4) is 0 Å². The average molecular weight is 347 g/mol. The number of hydrogen-bond acceptors (Lipinski definition) is 6. The predicted molar refractivity (Wildman–Crippen MR) is 86.0 cm³/mol. The number of hydrogen-bond donors (Lipinski definition) is 2. The monoisotopic (exact) mass is 347 g/mol. The quantitative estimate of drug-likeness (QED) is 0.621. The van der Waals surface area contributed by atoms with E-state index in [-0.39, 0.29) is 48.6 Å². The number of anilines is 1. The van der Waals surface area contributed by atoms with Crippen LogP contribution in [-0.2, 0) is 9.59 Å². The van der Waals surface area contributed by atoms with Crippen LogP contribution in [0.1, 0.15) is 12.8 Å². The van der Waals surface area contributed by atoms with Gasteiger partial charge in [0.2, 0.25) is 16.9 Å². The van der Waals surface area contributed by atoms with Crippen LogP contribution in [0.25, 0.3) is 0 Å². The number of carbonyl (C=O) groups is 3. The topological polar surface area (TPSA) is 104 Å². The molecule has 0 radical (unpaired) electrons. The SMILES string of the molecule is O=C(NCCN1C(=O)[C@H]2[C@H](C1=O)[C@H]1C=C[C@H]2CC1)Nc1nncs1. The molecule has 1 saturated carbocycles. The van der Waals surface area contributed by atoms with Gasteiger partial charge >= 0.3 is 6.03 Å². The minimum Gasteiger partial charge on any atom is -0.336 e. The number of nitrogens with one attached hydrogen (secondary N) is 2. The molecule has 1 aromatic rings. The van der Waals surface area contributed by atoms with E-state index in [1.165, 1.54) is 21.7 Å². The molecule has 4 aliphatic rings. The molecule has 9 heteroatoms. The largest absolute Gasteiger partial charge is 0.336 e. The maximum absolute atomic E-state index is 12.6. The summed E-state index contributed by atoms with van der Waals surface area (Å²) in [5.74, 6) is -0.191. The first-order valence-electron chi connectivity index (χ1n) is 7.99. The van der Waals surface area contributed by atoms with Gasteiger partial charge in [0.05, 0.1) is 11.8 Å². The lowest BCUT2D eigenvalue weighted by Gasteiger charge is -2.38. The molecule has 2 N–H and O–H groups in total. The molecule has 0 spiro atoms. The Morgan fingerprint density at radius 1 is 1.21 bits per heavy atom. The summed E-state index contributed by atoms with van der Waals surface area (Å²) in [5.41, 5.74) is 1.52. The molecule has 8 nitrogen and oxygen atoms in total. The van der Waals surface area contributed by atoms with E-state index >= 15 is 0 Å². The zero-order valence-corrected chi connectivity index (χ0v) is 13.7. The van der Waals surface area contributed by atoms with Crippen molar-refractivity contribution < 1.29 is 14.4 Å². The smallest absolute Gasteiger partial charge is 0.321 e. The molecule has 2 heterocycles. The Kier molecular flexibility index (Phi) is 3.79. The highest BCUT2D eigenvalue weighted by Crippen LogP contribution is 2.49. The summed E-state index contributed by atoms with van der Waals surface area (Å²) >= 11 is 1.21. The normalized spacial score (nSPS) is 30.6. The van der Waals surface area contributed by atoms with E-state index in [1.54, 1.807) is 0 Å². The number of fused-ring (bicyclic) bond motifs is 1. The van der Waals surface area contributed by atoms with Crippen LogP contribution >= 0.6 is 11.3 Å². The van der Waals surface area contributed by atoms with Crippen molar-refractivity contribution in [2.24, 2.45) is 23.7 Å². The van der Waals surface area contributed by atoms with E-state index in [0.717, 1.165) is 12.8 Å². The molecule has 3 aliphatic carbocycles. The van der Waals surface area contributed by atoms with Gasteiger partial charge in [-0.1, -0.05) is 23.5 Å². The molecule has 24 heavy (non-hydrogen) atoms. The van der Waals surface area contributed by atoms with E-state index in [0.29, 0.717) is 5.13 Å². The van der Waals surface area contributed by atoms with E-state index < -0.39 is 6.03 Å². The van der Waals surface area contributed by atoms with Gasteiger partial charge in [-0.2, -0.15) is 0 Å². The van der Waals surface area contributed by atoms with Gasteiger partial charge in [0, 0.05) is 13.1 Å². The third-order valence-corrected chi connectivity index (χ3v) is 5.66. The highest BCUT2D eigenvalue weighted by atomic mass is 32.1. The van der Waals surface area contributed by atoms with E-state index in [9.17, 15) is 14.4 Å². The molecule has 1 aromatic heterocycles. The van der Waals surface area contributed by atoms with Crippen LogP contribution in [0.5, 0.6) is 0 Å². The summed E-state index contributed by atoms with van der Waals surface area (Å²) in [4.78, 5) is 38.2. The van der Waals surface area contributed by atoms with Crippen LogP contribution in [0.3, 0.4) is 0 Å². The van der Waals surface area contributed by atoms with Crippen LogP contribution in [0, 0.1) is 23.7 Å². The lowest BCUT2D eigenvalue weighted by Crippen LogP contribution is -2.40. The molecule has 0 aromatic carbocycles. The zero-order valence-electron chi connectivity index (χ0n) is 12.8. The first-order chi connectivity index (χ1) is 11.6. The molecule has 2 fully saturated rings. The number of imide groups is 1. The van der Waals surface area contributed by atoms with Gasteiger partial charge < -0.3 is 5.32 Å². The van der Waals surface area contributed by atoms with Crippen molar-refractivity contribution in [1.82, 2.24) is 20.4 Å². The highest BCUT2D eigenvalue weighted by molar-refractivity contribution is 7.13. The van der Waals surface area contributed by atoms with Crippen LogP contribution in [0.4, 0.5) is 9.93 Å². The van der Waals surface area contributed by atoms with E-state index in [1.807, 2.05) is 0 Å². The van der Waals surface area contributed by atoms with Gasteiger partial charge in [-0.25, -0.2) is 4.79 Å². The first kappa shape index (κ1) is 15.3. The van der Waals surface area contributed by atoms with Crippen molar-refractivity contribution in [3.63, 3.8) is 0 Å². The molecule has 5 rings (SSSR count). The van der Waals surface area contributed by atoms with Gasteiger partial charge in [0.25, 0.3) is 0 Å². The molecule has 1 saturated heterocycles. The third-order valence-electron chi connectivity index (χ3n) is 5.05. The van der Waals surface area contributed by atoms with Gasteiger partial charge in [-0.3, -0.25) is 19.8 Å². The van der Waals surface area contributed by atoms with Crippen LogP contribution in [0.15, 0.2) is 17.7 Å². The Hall–Kier alpha value is -2.29. The molecule has 126 valence electrons. The first-order valence-corrected chi connectivity index (χ1v) is 8.87. The Balaban J connectivity index is 1.33. The number of rotatable bonds is 4. The summed E-state index contributed by atoms with van der Waals surface area (Å²) in [7, 11) is 0.